The molecule has 4 heteroatoms. The summed E-state index contributed by atoms with van der Waals surface area (Å²) in [5, 5.41) is 0. The van der Waals surface area contributed by atoms with E-state index in [0.29, 0.717) is 0 Å². The van der Waals surface area contributed by atoms with E-state index in [1.807, 2.05) is 19.1 Å². The molecule has 1 aromatic heterocycles. The van der Waals surface area contributed by atoms with Crippen LogP contribution in [0.2, 0.25) is 0 Å². The van der Waals surface area contributed by atoms with Crippen LogP contribution < -0.4 is 5.73 Å². The van der Waals surface area contributed by atoms with Crippen LogP contribution in [-0.4, -0.2) is 23.1 Å². The third-order valence-corrected chi connectivity index (χ3v) is 3.91. The minimum Gasteiger partial charge on any atom is -0.373 e. The first-order chi connectivity index (χ1) is 8.16. The van der Waals surface area contributed by atoms with E-state index in [2.05, 4.69) is 4.98 Å². The fraction of sp³-hybridized carbons (Fsp3) is 0.538. The first-order valence-corrected chi connectivity index (χ1v) is 6.04. The zero-order valence-corrected chi connectivity index (χ0v) is 9.80. The quantitative estimate of drug-likeness (QED) is 0.831. The van der Waals surface area contributed by atoms with E-state index < -0.39 is 0 Å². The second-order valence-electron chi connectivity index (χ2n) is 4.97. The van der Waals surface area contributed by atoms with Crippen molar-refractivity contribution in [2.45, 2.75) is 37.9 Å². The van der Waals surface area contributed by atoms with Gasteiger partial charge in [-0.3, -0.25) is 9.78 Å². The van der Waals surface area contributed by atoms with Crippen molar-refractivity contribution >= 4 is 5.91 Å². The van der Waals surface area contributed by atoms with Gasteiger partial charge >= 0.3 is 0 Å². The highest BCUT2D eigenvalue weighted by Gasteiger charge is 2.52. The summed E-state index contributed by atoms with van der Waals surface area (Å²) in [5.41, 5.74) is 7.61. The average molecular weight is 232 g/mol. The summed E-state index contributed by atoms with van der Waals surface area (Å²) in [6, 6.07) is 4.00. The van der Waals surface area contributed by atoms with Gasteiger partial charge in [-0.1, -0.05) is 0 Å². The fourth-order valence-corrected chi connectivity index (χ4v) is 3.24. The smallest absolute Gasteiger partial charge is 0.223 e. The monoisotopic (exact) mass is 232 g/mol. The molecule has 0 aliphatic carbocycles. The molecule has 2 aliphatic heterocycles. The van der Waals surface area contributed by atoms with E-state index in [-0.39, 0.29) is 30.0 Å². The van der Waals surface area contributed by atoms with Gasteiger partial charge in [0.15, 0.2) is 0 Å². The van der Waals surface area contributed by atoms with E-state index in [9.17, 15) is 4.79 Å². The number of aryl methyl sites for hydroxylation is 1. The SMILES string of the molecule is Cc1cc(C2C3CCC(O3)C2C(N)=O)ccn1. The van der Waals surface area contributed by atoms with E-state index in [4.69, 9.17) is 10.5 Å². The molecule has 17 heavy (non-hydrogen) atoms. The molecule has 4 nitrogen and oxygen atoms in total. The molecule has 0 spiro atoms. The summed E-state index contributed by atoms with van der Waals surface area (Å²) in [6.07, 6.45) is 3.95. The van der Waals surface area contributed by atoms with Gasteiger partial charge in [0, 0.05) is 17.8 Å². The number of fused-ring (bicyclic) bond motifs is 2. The summed E-state index contributed by atoms with van der Waals surface area (Å²) in [6.45, 7) is 1.96. The minimum atomic E-state index is -0.239. The zero-order valence-electron chi connectivity index (χ0n) is 9.80. The van der Waals surface area contributed by atoms with Gasteiger partial charge in [0.25, 0.3) is 0 Å². The van der Waals surface area contributed by atoms with Crippen LogP contribution in [0.3, 0.4) is 0 Å². The molecule has 0 radical (unpaired) electrons. The lowest BCUT2D eigenvalue weighted by Gasteiger charge is -2.25. The Balaban J connectivity index is 1.98. The summed E-state index contributed by atoms with van der Waals surface area (Å²) in [7, 11) is 0. The number of nitrogens with two attached hydrogens (primary N) is 1. The van der Waals surface area contributed by atoms with Crippen molar-refractivity contribution in [3.05, 3.63) is 29.6 Å². The number of amides is 1. The van der Waals surface area contributed by atoms with Crippen molar-refractivity contribution in [1.82, 2.24) is 4.98 Å². The lowest BCUT2D eigenvalue weighted by atomic mass is 9.75. The van der Waals surface area contributed by atoms with E-state index in [0.717, 1.165) is 24.1 Å². The largest absolute Gasteiger partial charge is 0.373 e. The number of aromatic nitrogens is 1. The van der Waals surface area contributed by atoms with E-state index in [1.54, 1.807) is 6.20 Å². The molecule has 4 atom stereocenters. The van der Waals surface area contributed by atoms with Gasteiger partial charge in [0.1, 0.15) is 0 Å². The Morgan fingerprint density at radius 1 is 1.47 bits per heavy atom. The number of carbonyl (C=O) groups excluding carboxylic acids is 1. The second kappa shape index (κ2) is 3.81. The Labute approximate surface area is 100 Å². The highest BCUT2D eigenvalue weighted by atomic mass is 16.5. The number of hydrogen-bond donors (Lipinski definition) is 1. The molecule has 1 amide bonds. The second-order valence-corrected chi connectivity index (χ2v) is 4.97. The number of carbonyl (C=O) groups is 1. The normalized spacial score (nSPS) is 35.1. The van der Waals surface area contributed by atoms with Gasteiger partial charge in [-0.25, -0.2) is 0 Å². The molecule has 2 bridgehead atoms. The van der Waals surface area contributed by atoms with Crippen LogP contribution in [0.5, 0.6) is 0 Å². The van der Waals surface area contributed by atoms with Crippen molar-refractivity contribution in [1.29, 1.82) is 0 Å². The Morgan fingerprint density at radius 3 is 2.94 bits per heavy atom. The van der Waals surface area contributed by atoms with Gasteiger partial charge in [-0.2, -0.15) is 0 Å². The lowest BCUT2D eigenvalue weighted by molar-refractivity contribution is -0.123. The maximum atomic E-state index is 11.6. The Hall–Kier alpha value is -1.42. The molecule has 0 saturated carbocycles. The minimum absolute atomic E-state index is 0.0240. The van der Waals surface area contributed by atoms with Crippen LogP contribution in [-0.2, 0) is 9.53 Å². The van der Waals surface area contributed by atoms with Crippen LogP contribution in [0.1, 0.15) is 30.0 Å². The molecule has 0 aromatic carbocycles. The first kappa shape index (κ1) is 10.7. The molecule has 3 rings (SSSR count). The molecule has 2 fully saturated rings. The summed E-state index contributed by atoms with van der Waals surface area (Å²) in [5.74, 6) is -0.292. The van der Waals surface area contributed by atoms with E-state index in [1.165, 1.54) is 0 Å². The molecular weight excluding hydrogens is 216 g/mol. The Kier molecular flexibility index (Phi) is 2.40. The lowest BCUT2D eigenvalue weighted by Crippen LogP contribution is -2.36. The van der Waals surface area contributed by atoms with E-state index >= 15 is 0 Å². The van der Waals surface area contributed by atoms with Crippen LogP contribution in [0.25, 0.3) is 0 Å². The highest BCUT2D eigenvalue weighted by Crippen LogP contribution is 2.48. The van der Waals surface area contributed by atoms with Gasteiger partial charge in [-0.05, 0) is 37.5 Å². The number of nitrogens with zero attached hydrogens (tertiary/aromatic N) is 1. The Bertz CT molecular complexity index is 460. The molecule has 2 N–H and O–H groups in total. The fourth-order valence-electron chi connectivity index (χ4n) is 3.24. The van der Waals surface area contributed by atoms with Crippen molar-refractivity contribution in [3.63, 3.8) is 0 Å². The van der Waals surface area contributed by atoms with Crippen LogP contribution in [0.4, 0.5) is 0 Å². The predicted molar refractivity (Wildman–Crippen MR) is 62.3 cm³/mol. The Morgan fingerprint density at radius 2 is 2.24 bits per heavy atom. The van der Waals surface area contributed by atoms with Crippen LogP contribution >= 0.6 is 0 Å². The maximum absolute atomic E-state index is 11.6. The summed E-state index contributed by atoms with van der Waals surface area (Å²) < 4.78 is 5.83. The van der Waals surface area contributed by atoms with Gasteiger partial charge in [-0.15, -0.1) is 0 Å². The standard InChI is InChI=1S/C13H16N2O2/c1-7-6-8(4-5-15-7)11-9-2-3-10(17-9)12(11)13(14)16/h4-6,9-12H,2-3H2,1H3,(H2,14,16). The van der Waals surface area contributed by atoms with Crippen molar-refractivity contribution in [2.24, 2.45) is 11.7 Å². The number of ether oxygens (including phenoxy) is 1. The predicted octanol–water partition coefficient (Wildman–Crippen LogP) is 1.14. The summed E-state index contributed by atoms with van der Waals surface area (Å²) in [4.78, 5) is 15.8. The molecular formula is C13H16N2O2. The molecule has 2 aliphatic rings. The number of rotatable bonds is 2. The topological polar surface area (TPSA) is 65.2 Å². The molecule has 1 aromatic rings. The van der Waals surface area contributed by atoms with Crippen LogP contribution in [0.15, 0.2) is 18.3 Å². The average Bonchev–Trinajstić information content (AvgIpc) is 2.88. The maximum Gasteiger partial charge on any atom is 0.223 e. The number of pyridine rings is 1. The summed E-state index contributed by atoms with van der Waals surface area (Å²) >= 11 is 0. The molecule has 90 valence electrons. The molecule has 4 unspecified atom stereocenters. The van der Waals surface area contributed by atoms with Gasteiger partial charge in [0.2, 0.25) is 5.91 Å². The highest BCUT2D eigenvalue weighted by molar-refractivity contribution is 5.79. The third-order valence-electron chi connectivity index (χ3n) is 3.91. The zero-order chi connectivity index (χ0) is 12.0. The van der Waals surface area contributed by atoms with Gasteiger partial charge < -0.3 is 10.5 Å². The van der Waals surface area contributed by atoms with Crippen LogP contribution in [0, 0.1) is 12.8 Å². The van der Waals surface area contributed by atoms with Crippen molar-refractivity contribution in [2.75, 3.05) is 0 Å². The first-order valence-electron chi connectivity index (χ1n) is 6.04. The third kappa shape index (κ3) is 1.63. The molecule has 2 saturated heterocycles. The number of primary amides is 1. The number of hydrogen-bond acceptors (Lipinski definition) is 3. The van der Waals surface area contributed by atoms with Crippen molar-refractivity contribution < 1.29 is 9.53 Å². The van der Waals surface area contributed by atoms with Gasteiger partial charge in [0.05, 0.1) is 18.1 Å². The molecule has 3 heterocycles. The van der Waals surface area contributed by atoms with Crippen molar-refractivity contribution in [3.8, 4) is 0 Å².